The molecule has 0 radical (unpaired) electrons. The Morgan fingerprint density at radius 1 is 0.893 bits per heavy atom. The van der Waals surface area contributed by atoms with Gasteiger partial charge in [-0.15, -0.1) is 5.10 Å². The zero-order valence-corrected chi connectivity index (χ0v) is 15.9. The summed E-state index contributed by atoms with van der Waals surface area (Å²) in [6.45, 7) is 0.166. The van der Waals surface area contributed by atoms with Crippen LogP contribution in [0.5, 0.6) is 17.4 Å². The first-order valence-electron chi connectivity index (χ1n) is 8.63. The van der Waals surface area contributed by atoms with E-state index in [-0.39, 0.29) is 12.4 Å². The van der Waals surface area contributed by atoms with Gasteiger partial charge in [-0.1, -0.05) is 24.3 Å². The van der Waals surface area contributed by atoms with Gasteiger partial charge in [0.05, 0.1) is 27.0 Å². The number of aromatic nitrogens is 3. The molecular formula is C20H21N3O5. The molecule has 3 rings (SSSR count). The Hall–Kier alpha value is -3.55. The van der Waals surface area contributed by atoms with Gasteiger partial charge in [0.25, 0.3) is 5.88 Å². The molecule has 8 heteroatoms. The number of nitrogens with zero attached hydrogens (tertiary/aromatic N) is 3. The zero-order valence-electron chi connectivity index (χ0n) is 15.9. The van der Waals surface area contributed by atoms with E-state index < -0.39 is 11.2 Å². The summed E-state index contributed by atoms with van der Waals surface area (Å²) in [5.74, 6) is 1.05. The second-order valence-corrected chi connectivity index (χ2v) is 5.94. The van der Waals surface area contributed by atoms with Gasteiger partial charge in [0, 0.05) is 6.54 Å². The van der Waals surface area contributed by atoms with Crippen molar-refractivity contribution in [2.24, 2.45) is 0 Å². The number of hydrogen-bond acceptors (Lipinski definition) is 6. The lowest BCUT2D eigenvalue weighted by atomic mass is 10.1. The van der Waals surface area contributed by atoms with Gasteiger partial charge >= 0.3 is 11.2 Å². The van der Waals surface area contributed by atoms with E-state index in [1.165, 1.54) is 7.11 Å². The summed E-state index contributed by atoms with van der Waals surface area (Å²) < 4.78 is 17.9. The standard InChI is InChI=1S/C20H21N3O5/c1-26-16-10-9-14(13-17(16)27-2)11-12-22-19(24)18(28-3)21-23(20(22)25)15-7-5-4-6-8-15/h4-10,13H,11-12H2,1-3H3. The molecule has 0 saturated heterocycles. The molecule has 0 bridgehead atoms. The molecule has 0 N–H and O–H groups in total. The number of aryl methyl sites for hydroxylation is 1. The van der Waals surface area contributed by atoms with Crippen molar-refractivity contribution in [2.75, 3.05) is 21.3 Å². The minimum absolute atomic E-state index is 0.143. The highest BCUT2D eigenvalue weighted by atomic mass is 16.5. The van der Waals surface area contributed by atoms with E-state index >= 15 is 0 Å². The van der Waals surface area contributed by atoms with E-state index in [0.29, 0.717) is 23.6 Å². The van der Waals surface area contributed by atoms with Crippen molar-refractivity contribution in [3.63, 3.8) is 0 Å². The summed E-state index contributed by atoms with van der Waals surface area (Å²) >= 11 is 0. The molecule has 8 nitrogen and oxygen atoms in total. The summed E-state index contributed by atoms with van der Waals surface area (Å²) in [4.78, 5) is 25.4. The number of para-hydroxylation sites is 1. The second-order valence-electron chi connectivity index (χ2n) is 5.94. The van der Waals surface area contributed by atoms with E-state index in [4.69, 9.17) is 14.2 Å². The van der Waals surface area contributed by atoms with Crippen LogP contribution in [0.25, 0.3) is 5.69 Å². The van der Waals surface area contributed by atoms with E-state index in [1.54, 1.807) is 44.6 Å². The maximum Gasteiger partial charge on any atom is 0.352 e. The Kier molecular flexibility index (Phi) is 5.78. The lowest BCUT2D eigenvalue weighted by molar-refractivity contribution is 0.354. The first kappa shape index (κ1) is 19.2. The highest BCUT2D eigenvalue weighted by Gasteiger charge is 2.15. The third kappa shape index (κ3) is 3.75. The van der Waals surface area contributed by atoms with Gasteiger partial charge in [0.2, 0.25) is 0 Å². The maximum absolute atomic E-state index is 12.9. The minimum Gasteiger partial charge on any atom is -0.493 e. The molecule has 0 saturated carbocycles. The molecule has 1 aromatic heterocycles. The first-order chi connectivity index (χ1) is 13.6. The van der Waals surface area contributed by atoms with Crippen molar-refractivity contribution in [2.45, 2.75) is 13.0 Å². The second kappa shape index (κ2) is 8.43. The van der Waals surface area contributed by atoms with Crippen LogP contribution in [-0.2, 0) is 13.0 Å². The van der Waals surface area contributed by atoms with Crippen LogP contribution in [0.1, 0.15) is 5.56 Å². The number of ether oxygens (including phenoxy) is 3. The van der Waals surface area contributed by atoms with Crippen LogP contribution in [0, 0.1) is 0 Å². The van der Waals surface area contributed by atoms with Gasteiger partial charge in [-0.3, -0.25) is 9.36 Å². The van der Waals surface area contributed by atoms with Crippen LogP contribution in [0.3, 0.4) is 0 Å². The SMILES string of the molecule is COc1ccc(CCn2c(=O)c(OC)nn(-c3ccccc3)c2=O)cc1OC. The summed E-state index contributed by atoms with van der Waals surface area (Å²) in [6, 6.07) is 14.3. The third-order valence-corrected chi connectivity index (χ3v) is 4.30. The molecule has 2 aromatic carbocycles. The number of benzene rings is 2. The predicted molar refractivity (Wildman–Crippen MR) is 104 cm³/mol. The van der Waals surface area contributed by atoms with Crippen LogP contribution in [0.4, 0.5) is 0 Å². The van der Waals surface area contributed by atoms with E-state index in [9.17, 15) is 9.59 Å². The van der Waals surface area contributed by atoms with Crippen molar-refractivity contribution in [3.05, 3.63) is 74.9 Å². The molecule has 0 spiro atoms. The molecule has 0 amide bonds. The molecule has 146 valence electrons. The van der Waals surface area contributed by atoms with Gasteiger partial charge in [-0.25, -0.2) is 4.79 Å². The lowest BCUT2D eigenvalue weighted by Crippen LogP contribution is -2.41. The predicted octanol–water partition coefficient (Wildman–Crippen LogP) is 1.66. The molecule has 0 aliphatic carbocycles. The smallest absolute Gasteiger partial charge is 0.352 e. The molecule has 3 aromatic rings. The topological polar surface area (TPSA) is 84.6 Å². The Bertz CT molecular complexity index is 1070. The molecule has 0 fully saturated rings. The van der Waals surface area contributed by atoms with Gasteiger partial charge in [0.15, 0.2) is 11.5 Å². The van der Waals surface area contributed by atoms with Gasteiger partial charge in [-0.05, 0) is 36.2 Å². The van der Waals surface area contributed by atoms with Crippen LogP contribution >= 0.6 is 0 Å². The Morgan fingerprint density at radius 3 is 2.25 bits per heavy atom. The molecular weight excluding hydrogens is 362 g/mol. The van der Waals surface area contributed by atoms with Crippen LogP contribution in [-0.4, -0.2) is 35.7 Å². The number of rotatable bonds is 7. The van der Waals surface area contributed by atoms with Gasteiger partial charge in [-0.2, -0.15) is 4.68 Å². The molecule has 1 heterocycles. The first-order valence-corrected chi connectivity index (χ1v) is 8.63. The van der Waals surface area contributed by atoms with E-state index in [0.717, 1.165) is 14.8 Å². The molecule has 0 aliphatic rings. The Balaban J connectivity index is 1.98. The third-order valence-electron chi connectivity index (χ3n) is 4.30. The molecule has 0 unspecified atom stereocenters. The van der Waals surface area contributed by atoms with E-state index in [2.05, 4.69) is 5.10 Å². The zero-order chi connectivity index (χ0) is 20.1. The highest BCUT2D eigenvalue weighted by molar-refractivity contribution is 5.42. The maximum atomic E-state index is 12.9. The number of hydrogen-bond donors (Lipinski definition) is 0. The van der Waals surface area contributed by atoms with Crippen LogP contribution in [0.2, 0.25) is 0 Å². The van der Waals surface area contributed by atoms with Crippen molar-refractivity contribution >= 4 is 0 Å². The number of methoxy groups -OCH3 is 3. The van der Waals surface area contributed by atoms with Crippen molar-refractivity contribution in [3.8, 4) is 23.1 Å². The van der Waals surface area contributed by atoms with Crippen molar-refractivity contribution in [1.29, 1.82) is 0 Å². The van der Waals surface area contributed by atoms with Crippen molar-refractivity contribution < 1.29 is 14.2 Å². The molecule has 0 atom stereocenters. The normalized spacial score (nSPS) is 10.5. The van der Waals surface area contributed by atoms with Crippen molar-refractivity contribution in [1.82, 2.24) is 14.3 Å². The van der Waals surface area contributed by atoms with Gasteiger partial charge < -0.3 is 14.2 Å². The van der Waals surface area contributed by atoms with Crippen LogP contribution in [0.15, 0.2) is 58.1 Å². The quantitative estimate of drug-likeness (QED) is 0.617. The summed E-state index contributed by atoms with van der Waals surface area (Å²) in [6.07, 6.45) is 0.442. The fraction of sp³-hybridized carbons (Fsp3) is 0.250. The Morgan fingerprint density at radius 2 is 1.61 bits per heavy atom. The fourth-order valence-electron chi connectivity index (χ4n) is 2.83. The monoisotopic (exact) mass is 383 g/mol. The highest BCUT2D eigenvalue weighted by Crippen LogP contribution is 2.27. The fourth-order valence-corrected chi connectivity index (χ4v) is 2.83. The van der Waals surface area contributed by atoms with Crippen LogP contribution < -0.4 is 25.5 Å². The summed E-state index contributed by atoms with van der Waals surface area (Å²) in [5.41, 5.74) is 0.342. The summed E-state index contributed by atoms with van der Waals surface area (Å²) in [7, 11) is 4.47. The molecule has 28 heavy (non-hydrogen) atoms. The minimum atomic E-state index is -0.569. The average Bonchev–Trinajstić information content (AvgIpc) is 2.74. The summed E-state index contributed by atoms with van der Waals surface area (Å²) in [5, 5.41) is 4.04. The van der Waals surface area contributed by atoms with E-state index in [1.807, 2.05) is 18.2 Å². The lowest BCUT2D eigenvalue weighted by Gasteiger charge is -2.12. The molecule has 0 aliphatic heterocycles. The largest absolute Gasteiger partial charge is 0.493 e. The Labute approximate surface area is 161 Å². The average molecular weight is 383 g/mol. The van der Waals surface area contributed by atoms with Gasteiger partial charge in [0.1, 0.15) is 0 Å².